The number of piperidine rings is 1. The summed E-state index contributed by atoms with van der Waals surface area (Å²) in [7, 11) is 0. The number of nitrogens with zero attached hydrogens (tertiary/aromatic N) is 2. The van der Waals surface area contributed by atoms with Gasteiger partial charge in [0.05, 0.1) is 11.0 Å². The number of hydrogen-bond acceptors (Lipinski definition) is 2. The highest BCUT2D eigenvalue weighted by Gasteiger charge is 2.21. The minimum absolute atomic E-state index is 0.728. The van der Waals surface area contributed by atoms with Gasteiger partial charge in [0.2, 0.25) is 0 Å². The fourth-order valence-corrected chi connectivity index (χ4v) is 3.44. The fourth-order valence-electron chi connectivity index (χ4n) is 3.44. The first-order chi connectivity index (χ1) is 9.78. The lowest BCUT2D eigenvalue weighted by Crippen LogP contribution is -2.36. The van der Waals surface area contributed by atoms with Crippen molar-refractivity contribution in [3.8, 4) is 0 Å². The fraction of sp³-hybridized carbons (Fsp3) is 0.588. The number of rotatable bonds is 4. The highest BCUT2D eigenvalue weighted by molar-refractivity contribution is 5.75. The lowest BCUT2D eigenvalue weighted by Gasteiger charge is -2.27. The van der Waals surface area contributed by atoms with E-state index in [4.69, 9.17) is 4.98 Å². The summed E-state index contributed by atoms with van der Waals surface area (Å²) >= 11 is 0. The number of para-hydroxylation sites is 2. The van der Waals surface area contributed by atoms with Gasteiger partial charge in [0.15, 0.2) is 0 Å². The van der Waals surface area contributed by atoms with Gasteiger partial charge < -0.3 is 9.88 Å². The van der Waals surface area contributed by atoms with E-state index in [1.807, 2.05) is 0 Å². The first-order valence-corrected chi connectivity index (χ1v) is 7.92. The number of fused-ring (bicyclic) bond motifs is 1. The van der Waals surface area contributed by atoms with Crippen LogP contribution >= 0.6 is 0 Å². The predicted molar refractivity (Wildman–Crippen MR) is 83.9 cm³/mol. The summed E-state index contributed by atoms with van der Waals surface area (Å²) in [5, 5.41) is 3.55. The molecule has 3 heteroatoms. The van der Waals surface area contributed by atoms with Gasteiger partial charge in [0.1, 0.15) is 5.82 Å². The maximum absolute atomic E-state index is 4.89. The maximum atomic E-state index is 4.89. The largest absolute Gasteiger partial charge is 0.328 e. The van der Waals surface area contributed by atoms with Crippen LogP contribution in [0.4, 0.5) is 0 Å². The smallest absolute Gasteiger partial charge is 0.110 e. The lowest BCUT2D eigenvalue weighted by atomic mass is 9.89. The Morgan fingerprint density at radius 1 is 1.30 bits per heavy atom. The second-order valence-corrected chi connectivity index (χ2v) is 6.24. The average molecular weight is 271 g/mol. The van der Waals surface area contributed by atoms with E-state index in [2.05, 4.69) is 48.0 Å². The summed E-state index contributed by atoms with van der Waals surface area (Å²) in [5.74, 6) is 2.79. The molecule has 0 spiro atoms. The Bertz CT molecular complexity index is 573. The van der Waals surface area contributed by atoms with Gasteiger partial charge in [-0.05, 0) is 49.9 Å². The molecule has 0 saturated carbocycles. The van der Waals surface area contributed by atoms with Crippen LogP contribution in [0.15, 0.2) is 24.3 Å². The average Bonchev–Trinajstić information content (AvgIpc) is 2.77. The second kappa shape index (κ2) is 5.96. The van der Waals surface area contributed by atoms with E-state index >= 15 is 0 Å². The molecule has 20 heavy (non-hydrogen) atoms. The standard InChI is InChI=1S/C17H25N3/c1-3-8-20-16-7-5-4-6-15(16)19-17(20)10-14-9-13(2)11-18-12-14/h4-7,13-14,18H,3,8-12H2,1-2H3. The first-order valence-electron chi connectivity index (χ1n) is 7.92. The van der Waals surface area contributed by atoms with Crippen LogP contribution < -0.4 is 5.32 Å². The van der Waals surface area contributed by atoms with Gasteiger partial charge >= 0.3 is 0 Å². The van der Waals surface area contributed by atoms with E-state index in [0.29, 0.717) is 0 Å². The van der Waals surface area contributed by atoms with Crippen LogP contribution in [0.1, 0.15) is 32.5 Å². The zero-order valence-electron chi connectivity index (χ0n) is 12.6. The van der Waals surface area contributed by atoms with Crippen LogP contribution in [0.2, 0.25) is 0 Å². The number of benzene rings is 1. The maximum Gasteiger partial charge on any atom is 0.110 e. The third-order valence-corrected chi connectivity index (χ3v) is 4.31. The summed E-state index contributed by atoms with van der Waals surface area (Å²) in [6.45, 7) is 7.96. The van der Waals surface area contributed by atoms with Crippen LogP contribution in [0.25, 0.3) is 11.0 Å². The molecule has 1 aromatic carbocycles. The predicted octanol–water partition coefficient (Wildman–Crippen LogP) is 3.23. The van der Waals surface area contributed by atoms with Crippen molar-refractivity contribution in [1.82, 2.24) is 14.9 Å². The number of aromatic nitrogens is 2. The summed E-state index contributed by atoms with van der Waals surface area (Å²) < 4.78 is 2.43. The molecule has 3 rings (SSSR count). The minimum Gasteiger partial charge on any atom is -0.328 e. The summed E-state index contributed by atoms with van der Waals surface area (Å²) in [5.41, 5.74) is 2.44. The molecule has 1 aliphatic heterocycles. The molecule has 2 aromatic rings. The molecule has 2 atom stereocenters. The summed E-state index contributed by atoms with van der Waals surface area (Å²) in [6.07, 6.45) is 3.58. The molecule has 1 aliphatic rings. The van der Waals surface area contributed by atoms with E-state index < -0.39 is 0 Å². The SMILES string of the molecule is CCCn1c(CC2CNCC(C)C2)nc2ccccc21. The molecule has 1 aromatic heterocycles. The van der Waals surface area contributed by atoms with Crippen molar-refractivity contribution in [3.63, 3.8) is 0 Å². The van der Waals surface area contributed by atoms with Crippen LogP contribution in [0.3, 0.4) is 0 Å². The van der Waals surface area contributed by atoms with Crippen molar-refractivity contribution in [2.45, 2.75) is 39.7 Å². The molecule has 1 N–H and O–H groups in total. The number of aryl methyl sites for hydroxylation is 1. The van der Waals surface area contributed by atoms with E-state index in [9.17, 15) is 0 Å². The Morgan fingerprint density at radius 3 is 2.95 bits per heavy atom. The Labute approximate surface area is 121 Å². The molecular formula is C17H25N3. The topological polar surface area (TPSA) is 29.9 Å². The molecule has 0 radical (unpaired) electrons. The van der Waals surface area contributed by atoms with Crippen molar-refractivity contribution >= 4 is 11.0 Å². The van der Waals surface area contributed by atoms with Gasteiger partial charge in [-0.2, -0.15) is 0 Å². The third-order valence-electron chi connectivity index (χ3n) is 4.31. The third kappa shape index (κ3) is 2.73. The van der Waals surface area contributed by atoms with Gasteiger partial charge in [-0.3, -0.25) is 0 Å². The van der Waals surface area contributed by atoms with Crippen molar-refractivity contribution in [2.75, 3.05) is 13.1 Å². The molecule has 2 unspecified atom stereocenters. The van der Waals surface area contributed by atoms with Crippen LogP contribution in [-0.2, 0) is 13.0 Å². The Balaban J connectivity index is 1.87. The molecular weight excluding hydrogens is 246 g/mol. The normalized spacial score (nSPS) is 23.3. The van der Waals surface area contributed by atoms with E-state index in [0.717, 1.165) is 43.3 Å². The van der Waals surface area contributed by atoms with Crippen LogP contribution in [0.5, 0.6) is 0 Å². The van der Waals surface area contributed by atoms with Crippen LogP contribution in [0, 0.1) is 11.8 Å². The zero-order valence-corrected chi connectivity index (χ0v) is 12.6. The van der Waals surface area contributed by atoms with Crippen molar-refractivity contribution in [3.05, 3.63) is 30.1 Å². The van der Waals surface area contributed by atoms with Gasteiger partial charge in [0, 0.05) is 13.0 Å². The van der Waals surface area contributed by atoms with Crippen molar-refractivity contribution < 1.29 is 0 Å². The van der Waals surface area contributed by atoms with Gasteiger partial charge in [-0.15, -0.1) is 0 Å². The molecule has 2 heterocycles. The Hall–Kier alpha value is -1.35. The quantitative estimate of drug-likeness (QED) is 0.925. The van der Waals surface area contributed by atoms with Crippen molar-refractivity contribution in [2.24, 2.45) is 11.8 Å². The van der Waals surface area contributed by atoms with Gasteiger partial charge in [0.25, 0.3) is 0 Å². The number of imidazole rings is 1. The lowest BCUT2D eigenvalue weighted by molar-refractivity contribution is 0.296. The molecule has 108 valence electrons. The highest BCUT2D eigenvalue weighted by Crippen LogP contribution is 2.23. The van der Waals surface area contributed by atoms with E-state index in [-0.39, 0.29) is 0 Å². The highest BCUT2D eigenvalue weighted by atomic mass is 15.1. The minimum atomic E-state index is 0.728. The van der Waals surface area contributed by atoms with E-state index in [1.165, 1.54) is 24.3 Å². The summed E-state index contributed by atoms with van der Waals surface area (Å²) in [4.78, 5) is 4.89. The second-order valence-electron chi connectivity index (χ2n) is 6.24. The monoisotopic (exact) mass is 271 g/mol. The molecule has 3 nitrogen and oxygen atoms in total. The van der Waals surface area contributed by atoms with E-state index in [1.54, 1.807) is 0 Å². The van der Waals surface area contributed by atoms with Gasteiger partial charge in [-0.25, -0.2) is 4.98 Å². The number of hydrogen-bond donors (Lipinski definition) is 1. The molecule has 1 saturated heterocycles. The van der Waals surface area contributed by atoms with Crippen LogP contribution in [-0.4, -0.2) is 22.6 Å². The molecule has 0 bridgehead atoms. The molecule has 1 fully saturated rings. The molecule has 0 amide bonds. The van der Waals surface area contributed by atoms with Gasteiger partial charge in [-0.1, -0.05) is 26.0 Å². The Kier molecular flexibility index (Phi) is 4.06. The van der Waals surface area contributed by atoms with Crippen molar-refractivity contribution in [1.29, 1.82) is 0 Å². The molecule has 0 aliphatic carbocycles. The Morgan fingerprint density at radius 2 is 2.15 bits per heavy atom. The zero-order chi connectivity index (χ0) is 13.9. The first kappa shape index (κ1) is 13.6. The summed E-state index contributed by atoms with van der Waals surface area (Å²) in [6, 6.07) is 8.53. The number of nitrogens with one attached hydrogen (secondary N) is 1.